The van der Waals surface area contributed by atoms with Crippen LogP contribution in [0.2, 0.25) is 5.02 Å². The molecule has 0 fully saturated rings. The second-order valence-corrected chi connectivity index (χ2v) is 10.9. The number of para-hydroxylation sites is 1. The molecule has 3 aromatic carbocycles. The smallest absolute Gasteiger partial charge is 0.267 e. The number of halogens is 1. The Morgan fingerprint density at radius 1 is 0.977 bits per heavy atom. The molecule has 2 aromatic heterocycles. The average Bonchev–Trinajstić information content (AvgIpc) is 3.00. The number of aryl methyl sites for hydroxylation is 1. The summed E-state index contributed by atoms with van der Waals surface area (Å²) in [5.41, 5.74) is 2.24. The number of hydrogen-bond donors (Lipinski definition) is 1. The first-order valence-corrected chi connectivity index (χ1v) is 14.2. The zero-order valence-corrected chi connectivity index (χ0v) is 25.0. The number of aromatic nitrogens is 4. The highest BCUT2D eigenvalue weighted by molar-refractivity contribution is 6.35. The number of benzene rings is 3. The van der Waals surface area contributed by atoms with Gasteiger partial charge in [0.2, 0.25) is 0 Å². The van der Waals surface area contributed by atoms with Crippen molar-refractivity contribution in [2.24, 2.45) is 0 Å². The van der Waals surface area contributed by atoms with Gasteiger partial charge in [-0.25, -0.2) is 15.0 Å². The van der Waals surface area contributed by atoms with E-state index in [1.54, 1.807) is 48.7 Å². The lowest BCUT2D eigenvalue weighted by Crippen LogP contribution is -2.45. The zero-order chi connectivity index (χ0) is 30.2. The van der Waals surface area contributed by atoms with Crippen molar-refractivity contribution in [2.75, 3.05) is 31.0 Å². The molecule has 5 aromatic rings. The SMILES string of the molecule is COc1ccc(CN2CN(C)C(=O)c3c(NC(C)c4nc5cccc(Cl)c5c(=O)n4-c4ccccc4)nc(C)nc32)cc1. The number of fused-ring (bicyclic) bond motifs is 2. The van der Waals surface area contributed by atoms with Crippen molar-refractivity contribution in [1.29, 1.82) is 0 Å². The van der Waals surface area contributed by atoms with E-state index in [4.69, 9.17) is 26.3 Å². The average molecular weight is 596 g/mol. The van der Waals surface area contributed by atoms with Crippen LogP contribution in [0.3, 0.4) is 0 Å². The van der Waals surface area contributed by atoms with Crippen LogP contribution in [-0.4, -0.2) is 51.2 Å². The minimum Gasteiger partial charge on any atom is -0.497 e. The molecule has 11 heteroatoms. The molecule has 0 saturated heterocycles. The highest BCUT2D eigenvalue weighted by Crippen LogP contribution is 2.33. The maximum atomic E-state index is 13.9. The van der Waals surface area contributed by atoms with Gasteiger partial charge in [-0.1, -0.05) is 48.0 Å². The molecule has 0 spiro atoms. The summed E-state index contributed by atoms with van der Waals surface area (Å²) in [4.78, 5) is 45.4. The van der Waals surface area contributed by atoms with Gasteiger partial charge in [0.25, 0.3) is 11.5 Å². The highest BCUT2D eigenvalue weighted by Gasteiger charge is 2.33. The van der Waals surface area contributed by atoms with Crippen LogP contribution in [-0.2, 0) is 6.54 Å². The summed E-state index contributed by atoms with van der Waals surface area (Å²) in [5, 5.41) is 4.07. The summed E-state index contributed by atoms with van der Waals surface area (Å²) >= 11 is 6.46. The standard InChI is InChI=1S/C32H30ClN7O3/c1-19(29-37-25-12-8-11-24(33)26(25)32(42)40(29)22-9-6-5-7-10-22)34-28-27-30(36-20(2)35-28)39(18-38(3)31(27)41)17-21-13-15-23(43-4)16-14-21/h5-16,19H,17-18H2,1-4H3,(H,34,35,36). The lowest BCUT2D eigenvalue weighted by molar-refractivity contribution is 0.0781. The molecule has 0 bridgehead atoms. The molecule has 0 radical (unpaired) electrons. The normalized spacial score (nSPS) is 13.7. The number of carbonyl (C=O) groups is 1. The largest absolute Gasteiger partial charge is 0.497 e. The van der Waals surface area contributed by atoms with Crippen LogP contribution in [0.1, 0.15) is 40.5 Å². The predicted molar refractivity (Wildman–Crippen MR) is 167 cm³/mol. The van der Waals surface area contributed by atoms with E-state index in [0.29, 0.717) is 63.7 Å². The topological polar surface area (TPSA) is 105 Å². The number of rotatable bonds is 7. The fraction of sp³-hybridized carbons (Fsp3) is 0.219. The summed E-state index contributed by atoms with van der Waals surface area (Å²) < 4.78 is 6.85. The van der Waals surface area contributed by atoms with Gasteiger partial charge < -0.3 is 19.9 Å². The van der Waals surface area contributed by atoms with Gasteiger partial charge >= 0.3 is 0 Å². The quantitative estimate of drug-likeness (QED) is 0.268. The Balaban J connectivity index is 1.44. The van der Waals surface area contributed by atoms with Gasteiger partial charge in [-0.15, -0.1) is 0 Å². The Morgan fingerprint density at radius 2 is 1.72 bits per heavy atom. The Kier molecular flexibility index (Phi) is 7.45. The Labute approximate surface area is 253 Å². The molecule has 3 heterocycles. The van der Waals surface area contributed by atoms with Crippen molar-refractivity contribution in [3.05, 3.63) is 111 Å². The highest BCUT2D eigenvalue weighted by atomic mass is 35.5. The van der Waals surface area contributed by atoms with Crippen LogP contribution in [0.4, 0.5) is 11.6 Å². The second-order valence-electron chi connectivity index (χ2n) is 10.5. The van der Waals surface area contributed by atoms with Crippen LogP contribution in [0.5, 0.6) is 5.75 Å². The van der Waals surface area contributed by atoms with Gasteiger partial charge in [-0.3, -0.25) is 14.2 Å². The molecule has 1 unspecified atom stereocenters. The third-order valence-electron chi connectivity index (χ3n) is 7.40. The Morgan fingerprint density at radius 3 is 2.44 bits per heavy atom. The van der Waals surface area contributed by atoms with Gasteiger partial charge in [0, 0.05) is 13.6 Å². The number of ether oxygens (including phenoxy) is 1. The molecule has 1 atom stereocenters. The molecular formula is C32H30ClN7O3. The first-order valence-electron chi connectivity index (χ1n) is 13.8. The summed E-state index contributed by atoms with van der Waals surface area (Å²) in [5.74, 6) is 2.43. The van der Waals surface area contributed by atoms with Gasteiger partial charge in [-0.05, 0) is 55.8 Å². The van der Waals surface area contributed by atoms with E-state index in [-0.39, 0.29) is 11.5 Å². The summed E-state index contributed by atoms with van der Waals surface area (Å²) in [6.45, 7) is 4.57. The van der Waals surface area contributed by atoms with Crippen molar-refractivity contribution in [3.63, 3.8) is 0 Å². The van der Waals surface area contributed by atoms with Gasteiger partial charge in [0.05, 0.1) is 41.4 Å². The summed E-state index contributed by atoms with van der Waals surface area (Å²) in [6, 6.07) is 21.8. The van der Waals surface area contributed by atoms with Crippen LogP contribution >= 0.6 is 11.6 Å². The van der Waals surface area contributed by atoms with E-state index < -0.39 is 6.04 Å². The third-order valence-corrected chi connectivity index (χ3v) is 7.72. The lowest BCUT2D eigenvalue weighted by atomic mass is 10.1. The van der Waals surface area contributed by atoms with E-state index in [9.17, 15) is 9.59 Å². The molecule has 1 amide bonds. The van der Waals surface area contributed by atoms with Crippen molar-refractivity contribution >= 4 is 40.0 Å². The summed E-state index contributed by atoms with van der Waals surface area (Å²) in [6.07, 6.45) is 0. The molecule has 1 aliphatic rings. The zero-order valence-electron chi connectivity index (χ0n) is 24.2. The maximum Gasteiger partial charge on any atom is 0.267 e. The first-order chi connectivity index (χ1) is 20.7. The number of carbonyl (C=O) groups excluding carboxylic acids is 1. The fourth-order valence-corrected chi connectivity index (χ4v) is 5.59. The molecule has 43 heavy (non-hydrogen) atoms. The van der Waals surface area contributed by atoms with E-state index in [2.05, 4.69) is 10.3 Å². The molecule has 0 aliphatic carbocycles. The lowest BCUT2D eigenvalue weighted by Gasteiger charge is -2.36. The molecule has 10 nitrogen and oxygen atoms in total. The van der Waals surface area contributed by atoms with E-state index in [0.717, 1.165) is 11.3 Å². The third kappa shape index (κ3) is 5.25. The van der Waals surface area contributed by atoms with Crippen molar-refractivity contribution in [3.8, 4) is 11.4 Å². The molecule has 1 N–H and O–H groups in total. The van der Waals surface area contributed by atoms with Crippen LogP contribution in [0.25, 0.3) is 16.6 Å². The minimum atomic E-state index is -0.537. The van der Waals surface area contributed by atoms with Gasteiger partial charge in [0.15, 0.2) is 0 Å². The van der Waals surface area contributed by atoms with Gasteiger partial charge in [0.1, 0.15) is 34.6 Å². The Hall–Kier alpha value is -4.96. The van der Waals surface area contributed by atoms with Crippen LogP contribution in [0.15, 0.2) is 77.6 Å². The number of hydrogen-bond acceptors (Lipinski definition) is 8. The number of nitrogens with zero attached hydrogens (tertiary/aromatic N) is 6. The van der Waals surface area contributed by atoms with E-state index in [1.807, 2.05) is 66.4 Å². The molecule has 1 aliphatic heterocycles. The number of methoxy groups -OCH3 is 1. The van der Waals surface area contributed by atoms with E-state index >= 15 is 0 Å². The first kappa shape index (κ1) is 28.2. The number of anilines is 2. The second kappa shape index (κ2) is 11.4. The Bertz CT molecular complexity index is 1890. The predicted octanol–water partition coefficient (Wildman–Crippen LogP) is 5.37. The molecular weight excluding hydrogens is 566 g/mol. The van der Waals surface area contributed by atoms with Gasteiger partial charge in [-0.2, -0.15) is 0 Å². The van der Waals surface area contributed by atoms with Crippen molar-refractivity contribution in [2.45, 2.75) is 26.4 Å². The number of nitrogens with one attached hydrogen (secondary N) is 1. The van der Waals surface area contributed by atoms with Crippen LogP contribution < -0.4 is 20.5 Å². The monoisotopic (exact) mass is 595 g/mol. The fourth-order valence-electron chi connectivity index (χ4n) is 5.34. The molecule has 0 saturated carbocycles. The molecule has 6 rings (SSSR count). The number of amides is 1. The minimum absolute atomic E-state index is 0.200. The van der Waals surface area contributed by atoms with Crippen LogP contribution in [0, 0.1) is 6.92 Å². The van der Waals surface area contributed by atoms with Crippen molar-refractivity contribution < 1.29 is 9.53 Å². The van der Waals surface area contributed by atoms with Crippen molar-refractivity contribution in [1.82, 2.24) is 24.4 Å². The maximum absolute atomic E-state index is 13.9. The summed E-state index contributed by atoms with van der Waals surface area (Å²) in [7, 11) is 3.38. The van der Waals surface area contributed by atoms with E-state index in [1.165, 1.54) is 0 Å². The molecule has 218 valence electrons.